The van der Waals surface area contributed by atoms with Gasteiger partial charge in [0.2, 0.25) is 5.91 Å². The van der Waals surface area contributed by atoms with Crippen LogP contribution in [0.4, 0.5) is 0 Å². The molecule has 118 valence electrons. The zero-order chi connectivity index (χ0) is 13.9. The van der Waals surface area contributed by atoms with E-state index >= 15 is 0 Å². The standard InChI is InChI=1S/C15H24N4O.ClH/c1-19-14-4-2-3-13(12(14)10-17-19)18-15(20)9-11-5-7-16-8-6-11;/h10-11,13,16H,2-9H2,1H3,(H,18,20);1H. The summed E-state index contributed by atoms with van der Waals surface area (Å²) in [5.41, 5.74) is 2.50. The van der Waals surface area contributed by atoms with Gasteiger partial charge in [0.1, 0.15) is 0 Å². The van der Waals surface area contributed by atoms with Gasteiger partial charge in [0, 0.05) is 24.7 Å². The van der Waals surface area contributed by atoms with Crippen molar-refractivity contribution in [1.82, 2.24) is 20.4 Å². The van der Waals surface area contributed by atoms with Gasteiger partial charge >= 0.3 is 0 Å². The van der Waals surface area contributed by atoms with Gasteiger partial charge in [-0.1, -0.05) is 0 Å². The Morgan fingerprint density at radius 2 is 2.19 bits per heavy atom. The van der Waals surface area contributed by atoms with E-state index in [2.05, 4.69) is 15.7 Å². The van der Waals surface area contributed by atoms with Crippen molar-refractivity contribution in [3.8, 4) is 0 Å². The van der Waals surface area contributed by atoms with E-state index in [9.17, 15) is 4.79 Å². The summed E-state index contributed by atoms with van der Waals surface area (Å²) in [6.45, 7) is 2.10. The lowest BCUT2D eigenvalue weighted by atomic mass is 9.91. The summed E-state index contributed by atoms with van der Waals surface area (Å²) in [6, 6.07) is 0.168. The van der Waals surface area contributed by atoms with Crippen molar-refractivity contribution >= 4 is 18.3 Å². The Morgan fingerprint density at radius 3 is 2.95 bits per heavy atom. The number of carbonyl (C=O) groups is 1. The molecule has 1 amide bonds. The molecule has 2 N–H and O–H groups in total. The average Bonchev–Trinajstić information content (AvgIpc) is 2.83. The summed E-state index contributed by atoms with van der Waals surface area (Å²) >= 11 is 0. The molecule has 1 fully saturated rings. The van der Waals surface area contributed by atoms with Crippen LogP contribution in [0.25, 0.3) is 0 Å². The quantitative estimate of drug-likeness (QED) is 0.893. The summed E-state index contributed by atoms with van der Waals surface area (Å²) < 4.78 is 1.94. The Labute approximate surface area is 132 Å². The van der Waals surface area contributed by atoms with Crippen molar-refractivity contribution < 1.29 is 4.79 Å². The highest BCUT2D eigenvalue weighted by molar-refractivity contribution is 5.85. The Morgan fingerprint density at radius 1 is 1.43 bits per heavy atom. The predicted octanol–water partition coefficient (Wildman–Crippen LogP) is 1.73. The number of piperidine rings is 1. The van der Waals surface area contributed by atoms with E-state index in [0.29, 0.717) is 12.3 Å². The average molecular weight is 313 g/mol. The molecule has 5 nitrogen and oxygen atoms in total. The first-order chi connectivity index (χ1) is 9.74. The SMILES string of the molecule is Cl.Cn1ncc2c1CCCC2NC(=O)CC1CCNCC1. The van der Waals surface area contributed by atoms with E-state index < -0.39 is 0 Å². The fraction of sp³-hybridized carbons (Fsp3) is 0.733. The van der Waals surface area contributed by atoms with Crippen molar-refractivity contribution in [2.24, 2.45) is 13.0 Å². The highest BCUT2D eigenvalue weighted by Gasteiger charge is 2.25. The molecule has 1 aromatic heterocycles. The van der Waals surface area contributed by atoms with Gasteiger partial charge in [-0.25, -0.2) is 0 Å². The zero-order valence-corrected chi connectivity index (χ0v) is 13.4. The lowest BCUT2D eigenvalue weighted by molar-refractivity contribution is -0.123. The number of rotatable bonds is 3. The number of nitrogens with one attached hydrogen (secondary N) is 2. The van der Waals surface area contributed by atoms with Crippen molar-refractivity contribution in [3.05, 3.63) is 17.5 Å². The molecule has 1 aliphatic carbocycles. The number of aromatic nitrogens is 2. The van der Waals surface area contributed by atoms with E-state index in [0.717, 1.165) is 45.2 Å². The van der Waals surface area contributed by atoms with E-state index in [1.807, 2.05) is 17.9 Å². The molecule has 1 aromatic rings. The maximum atomic E-state index is 12.2. The number of carbonyl (C=O) groups excluding carboxylic acids is 1. The van der Waals surface area contributed by atoms with Crippen LogP contribution in [0.15, 0.2) is 6.20 Å². The van der Waals surface area contributed by atoms with Gasteiger partial charge in [0.05, 0.1) is 12.2 Å². The third-order valence-corrected chi connectivity index (χ3v) is 4.64. The van der Waals surface area contributed by atoms with Crippen LogP contribution in [0.5, 0.6) is 0 Å². The minimum absolute atomic E-state index is 0. The van der Waals surface area contributed by atoms with Crippen LogP contribution in [0, 0.1) is 5.92 Å². The molecule has 1 atom stereocenters. The van der Waals surface area contributed by atoms with Crippen LogP contribution in [-0.4, -0.2) is 28.8 Å². The fourth-order valence-corrected chi connectivity index (χ4v) is 3.46. The Bertz CT molecular complexity index is 482. The molecule has 2 heterocycles. The molecule has 1 aliphatic heterocycles. The largest absolute Gasteiger partial charge is 0.349 e. The molecular formula is C15H25ClN4O. The molecule has 0 saturated carbocycles. The van der Waals surface area contributed by atoms with Gasteiger partial charge in [-0.05, 0) is 51.1 Å². The molecular weight excluding hydrogens is 288 g/mol. The molecule has 0 bridgehead atoms. The minimum Gasteiger partial charge on any atom is -0.349 e. The molecule has 6 heteroatoms. The number of halogens is 1. The molecule has 3 rings (SSSR count). The topological polar surface area (TPSA) is 59.0 Å². The lowest BCUT2D eigenvalue weighted by Crippen LogP contribution is -2.35. The van der Waals surface area contributed by atoms with Crippen molar-refractivity contribution in [2.45, 2.75) is 44.6 Å². The van der Waals surface area contributed by atoms with Crippen LogP contribution >= 0.6 is 12.4 Å². The van der Waals surface area contributed by atoms with Gasteiger partial charge < -0.3 is 10.6 Å². The first-order valence-electron chi connectivity index (χ1n) is 7.75. The van der Waals surface area contributed by atoms with Crippen molar-refractivity contribution in [2.75, 3.05) is 13.1 Å². The van der Waals surface area contributed by atoms with Crippen LogP contribution < -0.4 is 10.6 Å². The Kier molecular flexibility index (Phi) is 5.65. The minimum atomic E-state index is 0. The van der Waals surface area contributed by atoms with E-state index in [4.69, 9.17) is 0 Å². The van der Waals surface area contributed by atoms with Gasteiger partial charge in [0.25, 0.3) is 0 Å². The third kappa shape index (κ3) is 3.77. The highest BCUT2D eigenvalue weighted by Crippen LogP contribution is 2.29. The summed E-state index contributed by atoms with van der Waals surface area (Å²) in [4.78, 5) is 12.2. The summed E-state index contributed by atoms with van der Waals surface area (Å²) in [5, 5.41) is 10.9. The summed E-state index contributed by atoms with van der Waals surface area (Å²) in [5.74, 6) is 0.756. The first-order valence-corrected chi connectivity index (χ1v) is 7.75. The Balaban J connectivity index is 0.00000161. The molecule has 21 heavy (non-hydrogen) atoms. The van der Waals surface area contributed by atoms with Crippen LogP contribution in [0.2, 0.25) is 0 Å². The lowest BCUT2D eigenvalue weighted by Gasteiger charge is -2.26. The maximum Gasteiger partial charge on any atom is 0.220 e. The van der Waals surface area contributed by atoms with Crippen LogP contribution in [0.1, 0.15) is 49.4 Å². The number of amides is 1. The van der Waals surface area contributed by atoms with Gasteiger partial charge in [0.15, 0.2) is 0 Å². The molecule has 0 aromatic carbocycles. The summed E-state index contributed by atoms with van der Waals surface area (Å²) in [6.07, 6.45) is 8.08. The normalized spacial score (nSPS) is 22.2. The van der Waals surface area contributed by atoms with Crippen molar-refractivity contribution in [3.63, 3.8) is 0 Å². The van der Waals surface area contributed by atoms with Gasteiger partial charge in [-0.2, -0.15) is 5.10 Å². The number of hydrogen-bond acceptors (Lipinski definition) is 3. The molecule has 0 spiro atoms. The number of nitrogens with zero attached hydrogens (tertiary/aromatic N) is 2. The van der Waals surface area contributed by atoms with Crippen molar-refractivity contribution in [1.29, 1.82) is 0 Å². The Hall–Kier alpha value is -1.07. The smallest absolute Gasteiger partial charge is 0.220 e. The second-order valence-electron chi connectivity index (χ2n) is 6.08. The maximum absolute atomic E-state index is 12.2. The van der Waals surface area contributed by atoms with Gasteiger partial charge in [-0.15, -0.1) is 12.4 Å². The number of fused-ring (bicyclic) bond motifs is 1. The molecule has 1 unspecified atom stereocenters. The van der Waals surface area contributed by atoms with Gasteiger partial charge in [-0.3, -0.25) is 9.48 Å². The van der Waals surface area contributed by atoms with Crippen LogP contribution in [0.3, 0.4) is 0 Å². The number of aryl methyl sites for hydroxylation is 1. The molecule has 1 saturated heterocycles. The number of hydrogen-bond donors (Lipinski definition) is 2. The van der Waals surface area contributed by atoms with Crippen LogP contribution in [-0.2, 0) is 18.3 Å². The highest BCUT2D eigenvalue weighted by atomic mass is 35.5. The third-order valence-electron chi connectivity index (χ3n) is 4.64. The predicted molar refractivity (Wildman–Crippen MR) is 84.5 cm³/mol. The second-order valence-corrected chi connectivity index (χ2v) is 6.08. The zero-order valence-electron chi connectivity index (χ0n) is 12.6. The second kappa shape index (κ2) is 7.27. The first kappa shape index (κ1) is 16.3. The molecule has 0 radical (unpaired) electrons. The fourth-order valence-electron chi connectivity index (χ4n) is 3.46. The van der Waals surface area contributed by atoms with E-state index in [1.165, 1.54) is 11.3 Å². The monoisotopic (exact) mass is 312 g/mol. The van der Waals surface area contributed by atoms with E-state index in [1.54, 1.807) is 0 Å². The summed E-state index contributed by atoms with van der Waals surface area (Å²) in [7, 11) is 1.98. The van der Waals surface area contributed by atoms with E-state index in [-0.39, 0.29) is 24.4 Å². The molecule has 2 aliphatic rings.